The van der Waals surface area contributed by atoms with Crippen molar-refractivity contribution in [3.63, 3.8) is 0 Å². The van der Waals surface area contributed by atoms with E-state index in [1.54, 1.807) is 17.5 Å². The zero-order valence-corrected chi connectivity index (χ0v) is 15.9. The fourth-order valence-corrected chi connectivity index (χ4v) is 3.56. The first-order chi connectivity index (χ1) is 13.3. The van der Waals surface area contributed by atoms with Gasteiger partial charge in [-0.25, -0.2) is 4.79 Å². The second kappa shape index (κ2) is 9.97. The van der Waals surface area contributed by atoms with Gasteiger partial charge in [0.1, 0.15) is 5.84 Å². The first-order valence-electron chi connectivity index (χ1n) is 8.64. The van der Waals surface area contributed by atoms with Crippen molar-refractivity contribution in [1.29, 1.82) is 5.41 Å². The van der Waals surface area contributed by atoms with Crippen molar-refractivity contribution in [3.05, 3.63) is 34.0 Å². The predicted octanol–water partition coefficient (Wildman–Crippen LogP) is -0.952. The molecule has 1 aliphatic heterocycles. The van der Waals surface area contributed by atoms with E-state index in [-0.39, 0.29) is 25.2 Å². The summed E-state index contributed by atoms with van der Waals surface area (Å²) in [6.45, 7) is 0.589. The molecule has 3 unspecified atom stereocenters. The lowest BCUT2D eigenvalue weighted by Crippen LogP contribution is -2.45. The van der Waals surface area contributed by atoms with E-state index in [4.69, 9.17) is 16.9 Å². The maximum absolute atomic E-state index is 12.1. The Morgan fingerprint density at radius 3 is 2.79 bits per heavy atom. The van der Waals surface area contributed by atoms with E-state index in [0.717, 1.165) is 5.57 Å². The number of nitrogens with two attached hydrogens (primary N) is 2. The summed E-state index contributed by atoms with van der Waals surface area (Å²) in [4.78, 5) is 35.9. The van der Waals surface area contributed by atoms with Crippen LogP contribution in [0.4, 0.5) is 0 Å². The SMILES string of the molecule is N=C(N)C1NCC=C1CC(N)C(=O)NCCC(=O)NC(C(=O)O)c1cccs1. The molecule has 2 amide bonds. The molecule has 0 radical (unpaired) electrons. The number of thiophene rings is 1. The van der Waals surface area contributed by atoms with Gasteiger partial charge >= 0.3 is 5.97 Å². The number of carboxylic acid groups (broad SMARTS) is 1. The highest BCUT2D eigenvalue weighted by atomic mass is 32.1. The highest BCUT2D eigenvalue weighted by molar-refractivity contribution is 7.10. The number of carbonyl (C=O) groups is 3. The molecule has 10 nitrogen and oxygen atoms in total. The predicted molar refractivity (Wildman–Crippen MR) is 105 cm³/mol. The van der Waals surface area contributed by atoms with Crippen LogP contribution < -0.4 is 27.4 Å². The van der Waals surface area contributed by atoms with Crippen LogP contribution in [0.15, 0.2) is 29.2 Å². The number of nitrogens with one attached hydrogen (secondary N) is 4. The number of carbonyl (C=O) groups excluding carboxylic acids is 2. The van der Waals surface area contributed by atoms with Crippen LogP contribution in [0.2, 0.25) is 0 Å². The molecular formula is C17H24N6O4S. The Labute approximate surface area is 165 Å². The topological polar surface area (TPSA) is 183 Å². The summed E-state index contributed by atoms with van der Waals surface area (Å²) in [7, 11) is 0. The molecule has 9 N–H and O–H groups in total. The minimum atomic E-state index is -1.15. The molecule has 11 heteroatoms. The summed E-state index contributed by atoms with van der Waals surface area (Å²) in [6, 6.07) is 0.973. The van der Waals surface area contributed by atoms with Crippen molar-refractivity contribution in [2.75, 3.05) is 13.1 Å². The molecule has 1 aromatic heterocycles. The Bertz CT molecular complexity index is 764. The second-order valence-corrected chi connectivity index (χ2v) is 7.26. The van der Waals surface area contributed by atoms with Crippen LogP contribution >= 0.6 is 11.3 Å². The molecule has 2 rings (SSSR count). The first-order valence-corrected chi connectivity index (χ1v) is 9.52. The number of hydrogen-bond acceptors (Lipinski definition) is 7. The van der Waals surface area contributed by atoms with E-state index < -0.39 is 35.9 Å². The minimum Gasteiger partial charge on any atom is -0.479 e. The third-order valence-corrected chi connectivity index (χ3v) is 5.13. The molecule has 0 spiro atoms. The van der Waals surface area contributed by atoms with Crippen LogP contribution in [0.5, 0.6) is 0 Å². The van der Waals surface area contributed by atoms with Gasteiger partial charge in [-0.1, -0.05) is 12.1 Å². The Morgan fingerprint density at radius 2 is 2.18 bits per heavy atom. The molecular weight excluding hydrogens is 384 g/mol. The van der Waals surface area contributed by atoms with Gasteiger partial charge < -0.3 is 32.5 Å². The van der Waals surface area contributed by atoms with Crippen LogP contribution in [-0.4, -0.2) is 53.9 Å². The van der Waals surface area contributed by atoms with Gasteiger partial charge in [-0.2, -0.15) is 0 Å². The molecule has 2 heterocycles. The summed E-state index contributed by atoms with van der Waals surface area (Å²) in [5.41, 5.74) is 12.2. The van der Waals surface area contributed by atoms with Gasteiger partial charge in [0.2, 0.25) is 11.8 Å². The molecule has 0 saturated carbocycles. The lowest BCUT2D eigenvalue weighted by Gasteiger charge is -2.18. The molecule has 0 bridgehead atoms. The van der Waals surface area contributed by atoms with Gasteiger partial charge in [0.05, 0.1) is 12.1 Å². The molecule has 1 aliphatic rings. The quantitative estimate of drug-likeness (QED) is 0.148. The summed E-state index contributed by atoms with van der Waals surface area (Å²) in [6.07, 6.45) is 2.02. The van der Waals surface area contributed by atoms with Crippen molar-refractivity contribution < 1.29 is 19.5 Å². The number of rotatable bonds is 10. The monoisotopic (exact) mass is 408 g/mol. The number of amides is 2. The zero-order chi connectivity index (χ0) is 20.7. The summed E-state index contributed by atoms with van der Waals surface area (Å²) in [5, 5.41) is 26.5. The Hall–Kier alpha value is -2.76. The fourth-order valence-electron chi connectivity index (χ4n) is 2.79. The van der Waals surface area contributed by atoms with E-state index >= 15 is 0 Å². The van der Waals surface area contributed by atoms with Gasteiger partial charge in [0, 0.05) is 24.4 Å². The normalized spacial score (nSPS) is 18.0. The molecule has 28 heavy (non-hydrogen) atoms. The summed E-state index contributed by atoms with van der Waals surface area (Å²) >= 11 is 1.23. The Balaban J connectivity index is 1.76. The second-order valence-electron chi connectivity index (χ2n) is 6.28. The maximum Gasteiger partial charge on any atom is 0.331 e. The maximum atomic E-state index is 12.1. The van der Waals surface area contributed by atoms with Gasteiger partial charge in [0.25, 0.3) is 0 Å². The van der Waals surface area contributed by atoms with E-state index in [0.29, 0.717) is 11.4 Å². The van der Waals surface area contributed by atoms with Crippen LogP contribution in [0.1, 0.15) is 23.8 Å². The number of carboxylic acids is 1. The van der Waals surface area contributed by atoms with E-state index in [1.165, 1.54) is 11.3 Å². The lowest BCUT2D eigenvalue weighted by atomic mass is 10.0. The summed E-state index contributed by atoms with van der Waals surface area (Å²) < 4.78 is 0. The number of hydrogen-bond donors (Lipinski definition) is 7. The molecule has 0 saturated heterocycles. The van der Waals surface area contributed by atoms with E-state index in [1.807, 2.05) is 6.08 Å². The molecule has 0 aliphatic carbocycles. The van der Waals surface area contributed by atoms with Crippen LogP contribution in [0.25, 0.3) is 0 Å². The van der Waals surface area contributed by atoms with Crippen molar-refractivity contribution in [2.24, 2.45) is 11.5 Å². The van der Waals surface area contributed by atoms with Gasteiger partial charge in [-0.15, -0.1) is 11.3 Å². The first kappa shape index (κ1) is 21.5. The van der Waals surface area contributed by atoms with Crippen LogP contribution in [0, 0.1) is 5.41 Å². The molecule has 0 aromatic carbocycles. The highest BCUT2D eigenvalue weighted by Crippen LogP contribution is 2.19. The summed E-state index contributed by atoms with van der Waals surface area (Å²) in [5.74, 6) is -2.11. The van der Waals surface area contributed by atoms with Gasteiger partial charge in [-0.05, 0) is 23.4 Å². The minimum absolute atomic E-state index is 0.0303. The largest absolute Gasteiger partial charge is 0.479 e. The third-order valence-electron chi connectivity index (χ3n) is 4.19. The Kier molecular flexibility index (Phi) is 7.67. The van der Waals surface area contributed by atoms with Crippen molar-refractivity contribution in [3.8, 4) is 0 Å². The van der Waals surface area contributed by atoms with E-state index in [2.05, 4.69) is 16.0 Å². The van der Waals surface area contributed by atoms with Crippen LogP contribution in [0.3, 0.4) is 0 Å². The third kappa shape index (κ3) is 5.87. The Morgan fingerprint density at radius 1 is 1.43 bits per heavy atom. The van der Waals surface area contributed by atoms with Gasteiger partial charge in [-0.3, -0.25) is 15.0 Å². The standard InChI is InChI=1S/C17H24N6O4S/c18-10(8-9-3-5-21-13(9)15(19)20)16(25)22-6-4-12(24)23-14(17(26)27)11-2-1-7-28-11/h1-3,7,10,13-14,21H,4-6,8,18H2,(H3,19,20)(H,22,25)(H,23,24)(H,26,27). The average molecular weight is 408 g/mol. The fraction of sp³-hybridized carbons (Fsp3) is 0.412. The molecule has 1 aromatic rings. The van der Waals surface area contributed by atoms with E-state index in [9.17, 15) is 19.5 Å². The van der Waals surface area contributed by atoms with Crippen molar-refractivity contribution >= 4 is 35.0 Å². The van der Waals surface area contributed by atoms with Gasteiger partial charge in [0.15, 0.2) is 6.04 Å². The number of aliphatic carboxylic acids is 1. The average Bonchev–Trinajstić information content (AvgIpc) is 3.30. The van der Waals surface area contributed by atoms with Crippen molar-refractivity contribution in [2.45, 2.75) is 31.0 Å². The zero-order valence-electron chi connectivity index (χ0n) is 15.1. The molecule has 152 valence electrons. The van der Waals surface area contributed by atoms with Crippen molar-refractivity contribution in [1.82, 2.24) is 16.0 Å². The molecule has 3 atom stereocenters. The lowest BCUT2D eigenvalue weighted by molar-refractivity contribution is -0.142. The van der Waals surface area contributed by atoms with Crippen LogP contribution in [-0.2, 0) is 14.4 Å². The number of amidine groups is 1. The highest BCUT2D eigenvalue weighted by Gasteiger charge is 2.26. The molecule has 0 fully saturated rings. The smallest absolute Gasteiger partial charge is 0.331 e.